The molecular weight excluding hydrogens is 420 g/mol. The van der Waals surface area contributed by atoms with E-state index in [-0.39, 0.29) is 42.6 Å². The maximum Gasteiger partial charge on any atom is 0.263 e. The van der Waals surface area contributed by atoms with Gasteiger partial charge in [0.15, 0.2) is 11.6 Å². The second-order valence-corrected chi connectivity index (χ2v) is 8.11. The molecule has 0 saturated heterocycles. The van der Waals surface area contributed by atoms with Crippen LogP contribution >= 0.6 is 0 Å². The lowest BCUT2D eigenvalue weighted by atomic mass is 9.91. The Labute approximate surface area is 191 Å². The number of amides is 2. The molecule has 4 rings (SSSR count). The number of anilines is 2. The molecule has 0 saturated carbocycles. The van der Waals surface area contributed by atoms with Crippen LogP contribution < -0.4 is 10.0 Å². The summed E-state index contributed by atoms with van der Waals surface area (Å²) in [7, 11) is 0. The third-order valence-electron chi connectivity index (χ3n) is 5.75. The molecule has 0 radical (unpaired) electrons. The lowest BCUT2D eigenvalue weighted by Crippen LogP contribution is -2.33. The van der Waals surface area contributed by atoms with E-state index in [1.54, 1.807) is 62.4 Å². The maximum absolute atomic E-state index is 12.8. The Bertz CT molecular complexity index is 1070. The van der Waals surface area contributed by atoms with Crippen LogP contribution in [0.2, 0.25) is 0 Å². The SMILES string of the molecule is CC1=NN(c2ccccc2)C(=O)[C@H]1C(=O)CCCC(=O)[C@H]1C(=O)N(c2ccccc2)N=C1C. The number of para-hydroxylation sites is 2. The summed E-state index contributed by atoms with van der Waals surface area (Å²) in [6.07, 6.45) is 0.358. The number of ketones is 2. The quantitative estimate of drug-likeness (QED) is 0.583. The van der Waals surface area contributed by atoms with E-state index in [1.807, 2.05) is 12.1 Å². The van der Waals surface area contributed by atoms with Crippen molar-refractivity contribution in [2.75, 3.05) is 10.0 Å². The van der Waals surface area contributed by atoms with Crippen molar-refractivity contribution >= 4 is 46.2 Å². The third-order valence-corrected chi connectivity index (χ3v) is 5.75. The smallest absolute Gasteiger partial charge is 0.263 e. The highest BCUT2D eigenvalue weighted by atomic mass is 16.2. The van der Waals surface area contributed by atoms with Gasteiger partial charge in [0.2, 0.25) is 0 Å². The molecular formula is C25H24N4O4. The maximum atomic E-state index is 12.8. The van der Waals surface area contributed by atoms with E-state index in [2.05, 4.69) is 10.2 Å². The van der Waals surface area contributed by atoms with Crippen LogP contribution in [-0.2, 0) is 19.2 Å². The van der Waals surface area contributed by atoms with Gasteiger partial charge in [-0.25, -0.2) is 0 Å². The zero-order chi connectivity index (χ0) is 23.5. The van der Waals surface area contributed by atoms with Crippen molar-refractivity contribution < 1.29 is 19.2 Å². The van der Waals surface area contributed by atoms with Gasteiger partial charge in [0.1, 0.15) is 11.8 Å². The highest BCUT2D eigenvalue weighted by Gasteiger charge is 2.41. The summed E-state index contributed by atoms with van der Waals surface area (Å²) in [5, 5.41) is 11.0. The lowest BCUT2D eigenvalue weighted by molar-refractivity contribution is -0.129. The minimum Gasteiger partial charge on any atom is -0.298 e. The van der Waals surface area contributed by atoms with Gasteiger partial charge < -0.3 is 0 Å². The fourth-order valence-electron chi connectivity index (χ4n) is 4.11. The number of Topliss-reactive ketones (excluding diaryl/α,β-unsaturated/α-hetero) is 2. The van der Waals surface area contributed by atoms with Gasteiger partial charge in [0, 0.05) is 12.8 Å². The summed E-state index contributed by atoms with van der Waals surface area (Å²) in [5.41, 5.74) is 2.08. The summed E-state index contributed by atoms with van der Waals surface area (Å²) in [6, 6.07) is 17.9. The first kappa shape index (κ1) is 22.3. The molecule has 0 aromatic heterocycles. The normalized spacial score (nSPS) is 20.2. The summed E-state index contributed by atoms with van der Waals surface area (Å²) in [5.74, 6) is -3.20. The molecule has 0 bridgehead atoms. The molecule has 8 nitrogen and oxygen atoms in total. The Hall–Kier alpha value is -3.94. The van der Waals surface area contributed by atoms with Crippen LogP contribution in [0.4, 0.5) is 11.4 Å². The van der Waals surface area contributed by atoms with Gasteiger partial charge in [-0.3, -0.25) is 19.2 Å². The molecule has 2 aromatic rings. The summed E-state index contributed by atoms with van der Waals surface area (Å²) < 4.78 is 0. The summed E-state index contributed by atoms with van der Waals surface area (Å²) in [4.78, 5) is 51.1. The number of hydrogen-bond donors (Lipinski definition) is 0. The van der Waals surface area contributed by atoms with E-state index in [0.29, 0.717) is 22.8 Å². The Morgan fingerprint density at radius 1 is 0.697 bits per heavy atom. The second-order valence-electron chi connectivity index (χ2n) is 8.11. The van der Waals surface area contributed by atoms with Gasteiger partial charge in [0.25, 0.3) is 11.8 Å². The number of carbonyl (C=O) groups is 4. The zero-order valence-electron chi connectivity index (χ0n) is 18.5. The molecule has 2 aromatic carbocycles. The van der Waals surface area contributed by atoms with Crippen LogP contribution in [0, 0.1) is 11.8 Å². The molecule has 0 aliphatic carbocycles. The number of benzene rings is 2. The molecule has 8 heteroatoms. The highest BCUT2D eigenvalue weighted by molar-refractivity contribution is 6.28. The molecule has 2 heterocycles. The predicted molar refractivity (Wildman–Crippen MR) is 125 cm³/mol. The summed E-state index contributed by atoms with van der Waals surface area (Å²) in [6.45, 7) is 3.31. The molecule has 0 fully saturated rings. The van der Waals surface area contributed by atoms with E-state index in [4.69, 9.17) is 0 Å². The van der Waals surface area contributed by atoms with Crippen LogP contribution in [0.15, 0.2) is 70.9 Å². The van der Waals surface area contributed by atoms with Crippen LogP contribution in [0.5, 0.6) is 0 Å². The van der Waals surface area contributed by atoms with E-state index in [1.165, 1.54) is 10.0 Å². The van der Waals surface area contributed by atoms with Crippen LogP contribution in [-0.4, -0.2) is 34.8 Å². The van der Waals surface area contributed by atoms with Gasteiger partial charge in [-0.1, -0.05) is 36.4 Å². The van der Waals surface area contributed by atoms with Gasteiger partial charge in [0.05, 0.1) is 22.8 Å². The predicted octanol–water partition coefficient (Wildman–Crippen LogP) is 3.37. The van der Waals surface area contributed by atoms with E-state index in [0.717, 1.165) is 0 Å². The van der Waals surface area contributed by atoms with Crippen molar-refractivity contribution in [3.63, 3.8) is 0 Å². The Morgan fingerprint density at radius 3 is 1.42 bits per heavy atom. The topological polar surface area (TPSA) is 99.5 Å². The minimum absolute atomic E-state index is 0.0527. The van der Waals surface area contributed by atoms with Crippen molar-refractivity contribution in [1.82, 2.24) is 0 Å². The van der Waals surface area contributed by atoms with E-state index in [9.17, 15) is 19.2 Å². The zero-order valence-corrected chi connectivity index (χ0v) is 18.5. The minimum atomic E-state index is -0.940. The molecule has 0 N–H and O–H groups in total. The number of hydrogen-bond acceptors (Lipinski definition) is 6. The van der Waals surface area contributed by atoms with Crippen LogP contribution in [0.1, 0.15) is 33.1 Å². The first-order valence-electron chi connectivity index (χ1n) is 10.8. The van der Waals surface area contributed by atoms with Gasteiger partial charge in [-0.15, -0.1) is 0 Å². The second kappa shape index (κ2) is 9.28. The van der Waals surface area contributed by atoms with Crippen LogP contribution in [0.25, 0.3) is 0 Å². The molecule has 2 amide bonds. The average molecular weight is 444 g/mol. The van der Waals surface area contributed by atoms with Gasteiger partial charge >= 0.3 is 0 Å². The fourth-order valence-corrected chi connectivity index (χ4v) is 4.11. The molecule has 0 unspecified atom stereocenters. The van der Waals surface area contributed by atoms with Gasteiger partial charge in [-0.05, 0) is 44.5 Å². The third kappa shape index (κ3) is 4.37. The van der Waals surface area contributed by atoms with Crippen molar-refractivity contribution in [1.29, 1.82) is 0 Å². The van der Waals surface area contributed by atoms with E-state index >= 15 is 0 Å². The number of hydrazone groups is 2. The average Bonchev–Trinajstić information content (AvgIpc) is 3.29. The fraction of sp³-hybridized carbons (Fsp3) is 0.280. The first-order valence-corrected chi connectivity index (χ1v) is 10.8. The van der Waals surface area contributed by atoms with Crippen molar-refractivity contribution in [3.8, 4) is 0 Å². The number of carbonyl (C=O) groups excluding carboxylic acids is 4. The first-order chi connectivity index (χ1) is 15.9. The summed E-state index contributed by atoms with van der Waals surface area (Å²) >= 11 is 0. The Morgan fingerprint density at radius 2 is 1.06 bits per heavy atom. The molecule has 0 spiro atoms. The number of rotatable bonds is 8. The highest BCUT2D eigenvalue weighted by Crippen LogP contribution is 2.27. The molecule has 33 heavy (non-hydrogen) atoms. The standard InChI is InChI=1S/C25H24N4O4/c1-16-22(24(32)28(26-16)18-10-5-3-6-11-18)20(30)14-9-15-21(31)23-17(2)27-29(25(23)33)19-12-7-4-8-13-19/h3-8,10-13,22-23H,9,14-15H2,1-2H3/t22-,23+. The van der Waals surface area contributed by atoms with Gasteiger partial charge in [-0.2, -0.15) is 20.2 Å². The van der Waals surface area contributed by atoms with Crippen LogP contribution in [0.3, 0.4) is 0 Å². The molecule has 2 atom stereocenters. The molecule has 168 valence electrons. The monoisotopic (exact) mass is 444 g/mol. The Balaban J connectivity index is 1.33. The van der Waals surface area contributed by atoms with Crippen molar-refractivity contribution in [2.45, 2.75) is 33.1 Å². The van der Waals surface area contributed by atoms with E-state index < -0.39 is 11.8 Å². The van der Waals surface area contributed by atoms with Crippen molar-refractivity contribution in [2.24, 2.45) is 22.0 Å². The lowest BCUT2D eigenvalue weighted by Gasteiger charge is -2.14. The Kier molecular flexibility index (Phi) is 6.26. The molecule has 2 aliphatic rings. The van der Waals surface area contributed by atoms with Crippen molar-refractivity contribution in [3.05, 3.63) is 60.7 Å². The largest absolute Gasteiger partial charge is 0.298 e. The number of nitrogens with zero attached hydrogens (tertiary/aromatic N) is 4. The molecule has 2 aliphatic heterocycles.